The summed E-state index contributed by atoms with van der Waals surface area (Å²) in [6, 6.07) is 45.0. The summed E-state index contributed by atoms with van der Waals surface area (Å²) in [4.78, 5) is 70.0. The monoisotopic (exact) mass is 1910 g/mol. The number of benzene rings is 8. The minimum atomic E-state index is -4.71. The number of aromatic nitrogens is 7. The molecule has 134 heavy (non-hydrogen) atoms. The summed E-state index contributed by atoms with van der Waals surface area (Å²) in [6.07, 6.45) is -1.10. The van der Waals surface area contributed by atoms with Crippen LogP contribution in [0.3, 0.4) is 0 Å². The lowest BCUT2D eigenvalue weighted by atomic mass is 9.93. The Balaban J connectivity index is 0.000000209. The lowest BCUT2D eigenvalue weighted by molar-refractivity contribution is -0.138. The number of carbonyl (C=O) groups is 3. The Hall–Kier alpha value is -13.5. The maximum Gasteiger partial charge on any atom is 0.416 e. The van der Waals surface area contributed by atoms with Crippen LogP contribution in [0.1, 0.15) is 80.8 Å². The third-order valence-electron chi connectivity index (χ3n) is 19.6. The molecule has 13 N–H and O–H groups in total. The van der Waals surface area contributed by atoms with E-state index in [4.69, 9.17) is 14.1 Å². The molecule has 41 heteroatoms. The number of halogens is 8. The lowest BCUT2D eigenvalue weighted by Gasteiger charge is -2.17. The largest absolute Gasteiger partial charge is 0.416 e. The summed E-state index contributed by atoms with van der Waals surface area (Å²) in [5, 5.41) is 50.0. The Bertz CT molecular complexity index is 6540. The minimum Gasteiger partial charge on any atom is -0.394 e. The van der Waals surface area contributed by atoms with E-state index in [-0.39, 0.29) is 78.6 Å². The minimum absolute atomic E-state index is 0.0941. The van der Waals surface area contributed by atoms with Crippen LogP contribution in [0.2, 0.25) is 0 Å². The molecule has 12 rings (SSSR count). The molecule has 0 aliphatic rings. The van der Waals surface area contributed by atoms with Crippen molar-refractivity contribution in [2.24, 2.45) is 4.36 Å². The highest BCUT2D eigenvalue weighted by atomic mass is 32.2. The summed E-state index contributed by atoms with van der Waals surface area (Å²) in [5.74, 6) is -0.622. The van der Waals surface area contributed by atoms with Gasteiger partial charge in [0.2, 0.25) is 35.6 Å². The van der Waals surface area contributed by atoms with Crippen LogP contribution in [-0.2, 0) is 87.1 Å². The van der Waals surface area contributed by atoms with Gasteiger partial charge in [0.1, 0.15) is 34.8 Å². The van der Waals surface area contributed by atoms with E-state index in [1.54, 1.807) is 166 Å². The molecule has 8 aromatic carbocycles. The van der Waals surface area contributed by atoms with Crippen molar-refractivity contribution in [1.29, 1.82) is 9.56 Å². The van der Waals surface area contributed by atoms with Gasteiger partial charge < -0.3 is 72.4 Å². The third kappa shape index (κ3) is 30.3. The molecule has 0 saturated heterocycles. The smallest absolute Gasteiger partial charge is 0.394 e. The molecule has 5 atom stereocenters. The summed E-state index contributed by atoms with van der Waals surface area (Å²) in [6.45, 7) is 13.1. The molecule has 710 valence electrons. The molecule has 3 amide bonds. The zero-order chi connectivity index (χ0) is 97.8. The standard InChI is InChI=1S/C32H34F5N7O2S.C32H36F3N7O3S.C29H35N7O4S/c1-5-40-47(4,46)24-8-6-7-23(18-24)41-31-39-19-25(30(43-31)38-13-14-44(2)3)20-9-12-28(27(34)16-20)42-29(45)17-21-15-22(32(35,36)37)10-11-26(21)33;1-20(19-43)38-30-28(17-37-31(41-30)40-26-6-5-7-27(16-26)46(4,36)45)23-8-10-25(11-9-23)39-29(44)15-21-12-22(18-42(2)3)14-24(13-21)32(33,34)35;1-18(17-37)32-27-24(16-31-28(35-27)34-21-7-6-8-23(13-21)41(5,30)39)19-9-11-20(12-10-19)33-26(38)15-22-14-25(40-36-22)29(2,3)4/h6-12,15-16,18-19H,5,13-14,17H2,1-4H3,(H,42,45)(H2,38,39,41,43);5-14,16-17,20,36,43H,15,18-19H2,1-4H3,(H,39,44)(H2,37,38,40,41);6-14,16,18,30,37H,15,17H2,1-5H3,(H,33,38)(H2,31,32,34,35). The van der Waals surface area contributed by atoms with Gasteiger partial charge in [-0.25, -0.2) is 50.3 Å². The van der Waals surface area contributed by atoms with E-state index in [0.29, 0.717) is 144 Å². The normalized spacial score (nSPS) is 13.4. The Morgan fingerprint density at radius 3 is 1.40 bits per heavy atom. The maximum atomic E-state index is 15.2. The number of hydrogen-bond donors (Lipinski definition) is 13. The van der Waals surface area contributed by atoms with E-state index in [0.717, 1.165) is 29.5 Å². The SMILES string of the molecule is CC(CO)Nc1nc(Nc2cccc(S(C)(=N)=O)c2)ncc1-c1ccc(NC(=O)Cc2cc(C(C)(C)C)on2)cc1.CC(CO)Nc1nc(Nc2cccc(S(C)(=N)=O)c2)ncc1-c1ccc(NC(=O)Cc2cc(CN(C)C)cc(C(F)(F)F)c2)cc1.CCN=S(C)(=O)c1cccc(Nc2ncc(-c3ccc(NC(=O)Cc4cc(C(F)(F)F)ccc4F)c(F)c3)c(NCCN(C)C)n2)c1. The van der Waals surface area contributed by atoms with E-state index >= 15 is 4.39 Å². The van der Waals surface area contributed by atoms with Crippen LogP contribution in [0.4, 0.5) is 105 Å². The molecule has 5 unspecified atom stereocenters. The van der Waals surface area contributed by atoms with Crippen LogP contribution in [0, 0.1) is 21.2 Å². The van der Waals surface area contributed by atoms with Gasteiger partial charge in [0.05, 0.1) is 84.2 Å². The van der Waals surface area contributed by atoms with Crippen LogP contribution in [-0.4, -0.2) is 177 Å². The first-order chi connectivity index (χ1) is 63.1. The first-order valence-corrected chi connectivity index (χ1v) is 47.5. The number of anilines is 12. The van der Waals surface area contributed by atoms with Crippen molar-refractivity contribution in [3.63, 3.8) is 0 Å². The van der Waals surface area contributed by atoms with Crippen molar-refractivity contribution >= 4 is 116 Å². The number of alkyl halides is 6. The molecule has 12 aromatic rings. The quantitative estimate of drug-likeness (QED) is 0.0167. The number of nitrogens with zero attached hydrogens (tertiary/aromatic N) is 10. The molecule has 4 aromatic heterocycles. The summed E-state index contributed by atoms with van der Waals surface area (Å²) in [7, 11) is -1.05. The van der Waals surface area contributed by atoms with Crippen molar-refractivity contribution < 1.29 is 76.9 Å². The Kier molecular flexibility index (Phi) is 34.4. The second kappa shape index (κ2) is 44.9. The van der Waals surface area contributed by atoms with Gasteiger partial charge in [-0.15, -0.1) is 0 Å². The zero-order valence-electron chi connectivity index (χ0n) is 75.5. The molecule has 0 aliphatic heterocycles. The molecule has 0 spiro atoms. The summed E-state index contributed by atoms with van der Waals surface area (Å²) >= 11 is 0. The summed E-state index contributed by atoms with van der Waals surface area (Å²) in [5.41, 5.74) is 4.93. The fourth-order valence-corrected chi connectivity index (χ4v) is 15.6. The van der Waals surface area contributed by atoms with Crippen LogP contribution in [0.15, 0.2) is 224 Å². The van der Waals surface area contributed by atoms with Gasteiger partial charge in [0, 0.05) is 147 Å². The molecule has 30 nitrogen and oxygen atoms in total. The Morgan fingerprint density at radius 1 is 0.500 bits per heavy atom. The Morgan fingerprint density at radius 2 is 0.955 bits per heavy atom. The van der Waals surface area contributed by atoms with Gasteiger partial charge in [-0.3, -0.25) is 14.4 Å². The number of aliphatic hydroxyl groups is 2. The highest BCUT2D eigenvalue weighted by Gasteiger charge is 2.33. The number of aliphatic hydroxyl groups excluding tert-OH is 2. The third-order valence-corrected chi connectivity index (χ3v) is 23.8. The van der Waals surface area contributed by atoms with E-state index in [1.165, 1.54) is 30.8 Å². The predicted molar refractivity (Wildman–Crippen MR) is 507 cm³/mol. The Labute approximate surface area is 772 Å². The molecule has 0 bridgehead atoms. The number of carbonyl (C=O) groups excluding carboxylic acids is 3. The van der Waals surface area contributed by atoms with E-state index in [9.17, 15) is 68.0 Å². The zero-order valence-corrected chi connectivity index (χ0v) is 78.0. The van der Waals surface area contributed by atoms with Gasteiger partial charge in [-0.05, 0) is 204 Å². The highest BCUT2D eigenvalue weighted by Crippen LogP contribution is 2.38. The molecule has 0 fully saturated rings. The average Bonchev–Trinajstić information content (AvgIpc) is 1.22. The molecular weight excluding hydrogens is 1800 g/mol. The first kappa shape index (κ1) is 103. The van der Waals surface area contributed by atoms with Crippen molar-refractivity contribution in [3.8, 4) is 33.4 Å². The van der Waals surface area contributed by atoms with Crippen LogP contribution in [0.5, 0.6) is 0 Å². The van der Waals surface area contributed by atoms with Crippen LogP contribution in [0.25, 0.3) is 33.4 Å². The fraction of sp³-hybridized carbons (Fsp3) is 0.290. The molecule has 4 heterocycles. The molecule has 0 saturated carbocycles. The van der Waals surface area contributed by atoms with Gasteiger partial charge >= 0.3 is 12.4 Å². The number of nitrogens with one attached hydrogen (secondary N) is 11. The summed E-state index contributed by atoms with van der Waals surface area (Å²) < 4.78 is 171. The maximum absolute atomic E-state index is 15.2. The molecule has 0 radical (unpaired) electrons. The van der Waals surface area contributed by atoms with Crippen molar-refractivity contribution in [2.75, 3.05) is 128 Å². The molecule has 0 aliphatic carbocycles. The second-order valence-corrected chi connectivity index (χ2v) is 39.6. The number of rotatable bonds is 34. The van der Waals surface area contributed by atoms with E-state index < -0.39 is 88.1 Å². The van der Waals surface area contributed by atoms with Crippen molar-refractivity contribution in [1.82, 2.24) is 44.9 Å². The van der Waals surface area contributed by atoms with Crippen LogP contribution >= 0.6 is 0 Å². The van der Waals surface area contributed by atoms with Gasteiger partial charge in [0.15, 0.2) is 0 Å². The average molecular weight is 1910 g/mol. The highest BCUT2D eigenvalue weighted by molar-refractivity contribution is 7.93. The number of hydrogen-bond acceptors (Lipinski definition) is 27. The fourth-order valence-electron chi connectivity index (χ4n) is 12.9. The predicted octanol–water partition coefficient (Wildman–Crippen LogP) is 18.0. The van der Waals surface area contributed by atoms with Crippen molar-refractivity contribution in [3.05, 3.63) is 251 Å². The lowest BCUT2D eigenvalue weighted by Crippen LogP contribution is -2.21. The molecular formula is C93H105F8N21O9S3. The van der Waals surface area contributed by atoms with E-state index in [1.807, 2.05) is 65.7 Å². The first-order valence-electron chi connectivity index (χ1n) is 41.7. The van der Waals surface area contributed by atoms with Gasteiger partial charge in [-0.2, -0.15) is 41.3 Å². The van der Waals surface area contributed by atoms with Gasteiger partial charge in [0.25, 0.3) is 0 Å². The van der Waals surface area contributed by atoms with Crippen molar-refractivity contribution in [2.45, 2.75) is 112 Å². The number of likely N-dealkylation sites (N-methyl/N-ethyl adjacent to an activating group) is 1. The topological polar surface area (TPSA) is 421 Å². The van der Waals surface area contributed by atoms with Crippen LogP contribution < -0.4 is 47.9 Å². The second-order valence-electron chi connectivity index (χ2n) is 33.0. The van der Waals surface area contributed by atoms with Gasteiger partial charge in [-0.1, -0.05) is 80.5 Å². The van der Waals surface area contributed by atoms with E-state index in [2.05, 4.69) is 87.3 Å². The number of amides is 3.